The quantitative estimate of drug-likeness (QED) is 0.740. The first-order valence-corrected chi connectivity index (χ1v) is 7.59. The smallest absolute Gasteiger partial charge is 0.319 e. The van der Waals surface area contributed by atoms with Crippen molar-refractivity contribution in [3.8, 4) is 0 Å². The van der Waals surface area contributed by atoms with E-state index in [1.807, 2.05) is 0 Å². The summed E-state index contributed by atoms with van der Waals surface area (Å²) in [7, 11) is 1.24. The summed E-state index contributed by atoms with van der Waals surface area (Å²) >= 11 is 0. The maximum Gasteiger partial charge on any atom is 0.319 e. The van der Waals surface area contributed by atoms with Crippen molar-refractivity contribution in [3.63, 3.8) is 0 Å². The lowest BCUT2D eigenvalue weighted by molar-refractivity contribution is -0.157. The van der Waals surface area contributed by atoms with Gasteiger partial charge in [0.15, 0.2) is 17.2 Å². The Balaban J connectivity index is 2.03. The van der Waals surface area contributed by atoms with E-state index < -0.39 is 29.1 Å². The number of likely N-dealkylation sites (tertiary alicyclic amines) is 1. The molecule has 1 amide bonds. The van der Waals surface area contributed by atoms with Gasteiger partial charge in [0, 0.05) is 25.2 Å². The first-order valence-electron chi connectivity index (χ1n) is 7.59. The molecule has 1 aliphatic heterocycles. The molecule has 1 aliphatic rings. The second-order valence-corrected chi connectivity index (χ2v) is 5.75. The highest BCUT2D eigenvalue weighted by atomic mass is 19.2. The van der Waals surface area contributed by atoms with Gasteiger partial charge in [-0.25, -0.2) is 8.78 Å². The van der Waals surface area contributed by atoms with Crippen LogP contribution in [0, 0.1) is 11.6 Å². The van der Waals surface area contributed by atoms with Crippen LogP contribution in [0.3, 0.4) is 0 Å². The number of carbonyl (C=O) groups is 2. The number of nitrogens with zero attached hydrogens (tertiary/aromatic N) is 1. The van der Waals surface area contributed by atoms with Crippen molar-refractivity contribution >= 4 is 11.9 Å². The molecule has 0 saturated carbocycles. The van der Waals surface area contributed by atoms with Crippen LogP contribution in [0.4, 0.5) is 8.78 Å². The summed E-state index contributed by atoms with van der Waals surface area (Å²) in [4.78, 5) is 24.9. The van der Waals surface area contributed by atoms with Crippen molar-refractivity contribution in [1.29, 1.82) is 0 Å². The van der Waals surface area contributed by atoms with Crippen LogP contribution in [-0.4, -0.2) is 54.2 Å². The number of halogens is 2. The molecule has 0 radical (unpaired) electrons. The first kappa shape index (κ1) is 18.3. The number of hydrogen-bond donors (Lipinski definition) is 2. The second-order valence-electron chi connectivity index (χ2n) is 5.75. The van der Waals surface area contributed by atoms with Gasteiger partial charge in [0.25, 0.3) is 5.91 Å². The third kappa shape index (κ3) is 4.07. The molecule has 0 aliphatic carbocycles. The van der Waals surface area contributed by atoms with E-state index in [-0.39, 0.29) is 31.6 Å². The average molecular weight is 342 g/mol. The van der Waals surface area contributed by atoms with Crippen molar-refractivity contribution in [2.75, 3.05) is 26.7 Å². The number of aliphatic hydroxyl groups is 1. The molecule has 2 rings (SSSR count). The molecule has 1 saturated heterocycles. The van der Waals surface area contributed by atoms with Crippen LogP contribution in [0.25, 0.3) is 0 Å². The number of piperidine rings is 1. The summed E-state index contributed by atoms with van der Waals surface area (Å²) < 4.78 is 31.5. The highest BCUT2D eigenvalue weighted by Gasteiger charge is 2.42. The number of esters is 1. The molecule has 132 valence electrons. The van der Waals surface area contributed by atoms with E-state index in [4.69, 9.17) is 0 Å². The van der Waals surface area contributed by atoms with Crippen LogP contribution in [0.5, 0.6) is 0 Å². The SMILES string of the molecule is COC(=O)CNC[C@]1(O)CCCN(Cc2cccc(F)c2F)C1=O. The molecule has 1 fully saturated rings. The second kappa shape index (κ2) is 7.67. The molecule has 2 N–H and O–H groups in total. The van der Waals surface area contributed by atoms with Gasteiger partial charge in [-0.2, -0.15) is 0 Å². The van der Waals surface area contributed by atoms with Crippen LogP contribution in [0.2, 0.25) is 0 Å². The van der Waals surface area contributed by atoms with E-state index in [2.05, 4.69) is 10.1 Å². The number of ether oxygens (including phenoxy) is 1. The monoisotopic (exact) mass is 342 g/mol. The summed E-state index contributed by atoms with van der Waals surface area (Å²) in [5.41, 5.74) is -1.63. The number of nitrogens with one attached hydrogen (secondary N) is 1. The molecule has 1 heterocycles. The zero-order chi connectivity index (χ0) is 17.7. The lowest BCUT2D eigenvalue weighted by Crippen LogP contribution is -2.58. The summed E-state index contributed by atoms with van der Waals surface area (Å²) in [5, 5.41) is 13.2. The standard InChI is InChI=1S/C16H20F2N2O4/c1-24-13(21)8-19-10-16(23)6-3-7-20(15(16)22)9-11-4-2-5-12(17)14(11)18/h2,4-5,19,23H,3,6-10H2,1H3/t16-/m1/s1. The Labute approximate surface area is 138 Å². The van der Waals surface area contributed by atoms with E-state index in [9.17, 15) is 23.5 Å². The highest BCUT2D eigenvalue weighted by molar-refractivity contribution is 5.86. The minimum atomic E-state index is -1.68. The third-order valence-electron chi connectivity index (χ3n) is 4.01. The Morgan fingerprint density at radius 2 is 2.21 bits per heavy atom. The van der Waals surface area contributed by atoms with Crippen LogP contribution in [0.15, 0.2) is 18.2 Å². The minimum Gasteiger partial charge on any atom is -0.468 e. The fourth-order valence-electron chi connectivity index (χ4n) is 2.70. The maximum atomic E-state index is 13.8. The topological polar surface area (TPSA) is 78.9 Å². The van der Waals surface area contributed by atoms with Crippen LogP contribution >= 0.6 is 0 Å². The van der Waals surface area contributed by atoms with Crippen LogP contribution in [0.1, 0.15) is 18.4 Å². The van der Waals surface area contributed by atoms with Gasteiger partial charge in [0.05, 0.1) is 13.7 Å². The number of rotatable bonds is 6. The molecule has 0 aromatic heterocycles. The zero-order valence-corrected chi connectivity index (χ0v) is 13.3. The normalized spacial score (nSPS) is 21.0. The van der Waals surface area contributed by atoms with E-state index in [1.54, 1.807) is 0 Å². The summed E-state index contributed by atoms with van der Waals surface area (Å²) in [6, 6.07) is 3.77. The van der Waals surface area contributed by atoms with Gasteiger partial charge in [-0.3, -0.25) is 9.59 Å². The predicted octanol–water partition coefficient (Wildman–Crippen LogP) is 0.581. The number of carbonyl (C=O) groups excluding carboxylic acids is 2. The molecule has 6 nitrogen and oxygen atoms in total. The molecular formula is C16H20F2N2O4. The fourth-order valence-corrected chi connectivity index (χ4v) is 2.70. The third-order valence-corrected chi connectivity index (χ3v) is 4.01. The molecule has 0 bridgehead atoms. The molecule has 0 unspecified atom stereocenters. The van der Waals surface area contributed by atoms with Crippen LogP contribution < -0.4 is 5.32 Å². The van der Waals surface area contributed by atoms with E-state index >= 15 is 0 Å². The van der Waals surface area contributed by atoms with E-state index in [1.165, 1.54) is 24.1 Å². The Morgan fingerprint density at radius 3 is 2.92 bits per heavy atom. The number of methoxy groups -OCH3 is 1. The van der Waals surface area contributed by atoms with Crippen molar-refractivity contribution in [3.05, 3.63) is 35.4 Å². The molecule has 8 heteroatoms. The van der Waals surface area contributed by atoms with Gasteiger partial charge in [0.1, 0.15) is 0 Å². The fraction of sp³-hybridized carbons (Fsp3) is 0.500. The number of hydrogen-bond acceptors (Lipinski definition) is 5. The Morgan fingerprint density at radius 1 is 1.46 bits per heavy atom. The Hall–Kier alpha value is -2.06. The average Bonchev–Trinajstić information content (AvgIpc) is 2.56. The van der Waals surface area contributed by atoms with Crippen molar-refractivity contribution in [1.82, 2.24) is 10.2 Å². The molecule has 24 heavy (non-hydrogen) atoms. The summed E-state index contributed by atoms with van der Waals surface area (Å²) in [6.45, 7) is -0.0382. The van der Waals surface area contributed by atoms with E-state index in [0.717, 1.165) is 6.07 Å². The van der Waals surface area contributed by atoms with Gasteiger partial charge >= 0.3 is 5.97 Å². The Kier molecular flexibility index (Phi) is 5.84. The first-order chi connectivity index (χ1) is 11.4. The molecule has 0 spiro atoms. The van der Waals surface area contributed by atoms with Crippen LogP contribution in [-0.2, 0) is 20.9 Å². The lowest BCUT2D eigenvalue weighted by Gasteiger charge is -2.38. The van der Waals surface area contributed by atoms with Gasteiger partial charge in [-0.05, 0) is 18.9 Å². The molecule has 1 atom stereocenters. The molecule has 1 aromatic rings. The van der Waals surface area contributed by atoms with Crippen molar-refractivity contribution in [2.24, 2.45) is 0 Å². The molecular weight excluding hydrogens is 322 g/mol. The summed E-state index contributed by atoms with van der Waals surface area (Å²) in [5.74, 6) is -3.06. The lowest BCUT2D eigenvalue weighted by atomic mass is 9.91. The van der Waals surface area contributed by atoms with Crippen molar-refractivity contribution in [2.45, 2.75) is 25.0 Å². The van der Waals surface area contributed by atoms with Crippen molar-refractivity contribution < 1.29 is 28.2 Å². The zero-order valence-electron chi connectivity index (χ0n) is 13.3. The van der Waals surface area contributed by atoms with Gasteiger partial charge in [0.2, 0.25) is 0 Å². The highest BCUT2D eigenvalue weighted by Crippen LogP contribution is 2.24. The van der Waals surface area contributed by atoms with E-state index in [0.29, 0.717) is 13.0 Å². The molecule has 1 aromatic carbocycles. The predicted molar refractivity (Wildman–Crippen MR) is 80.8 cm³/mol. The van der Waals surface area contributed by atoms with Gasteiger partial charge in [-0.15, -0.1) is 0 Å². The minimum absolute atomic E-state index is 0.0510. The largest absolute Gasteiger partial charge is 0.468 e. The summed E-state index contributed by atoms with van der Waals surface area (Å²) in [6.07, 6.45) is 0.737. The van der Waals surface area contributed by atoms with Gasteiger partial charge in [-0.1, -0.05) is 12.1 Å². The Bertz CT molecular complexity index is 626. The maximum absolute atomic E-state index is 13.8. The number of benzene rings is 1. The van der Waals surface area contributed by atoms with Gasteiger partial charge < -0.3 is 20.1 Å². The number of amides is 1.